The zero-order valence-corrected chi connectivity index (χ0v) is 11.2. The molecule has 19 heavy (non-hydrogen) atoms. The number of benzene rings is 3. The minimum Gasteiger partial charge on any atom is -0.0906 e. The van der Waals surface area contributed by atoms with E-state index >= 15 is 0 Å². The smallest absolute Gasteiger partial charge is 0.0412 e. The van der Waals surface area contributed by atoms with Crippen molar-refractivity contribution in [2.45, 2.75) is 0 Å². The summed E-state index contributed by atoms with van der Waals surface area (Å²) in [6.07, 6.45) is 0. The van der Waals surface area contributed by atoms with Crippen LogP contribution in [0.4, 0.5) is 0 Å². The largest absolute Gasteiger partial charge is 0.0906 e. The van der Waals surface area contributed by atoms with Crippen molar-refractivity contribution in [3.63, 3.8) is 0 Å². The Bertz CT molecular complexity index is 756. The first-order chi connectivity index (χ1) is 9.24. The van der Waals surface area contributed by atoms with Crippen molar-refractivity contribution >= 4 is 27.9 Å². The summed E-state index contributed by atoms with van der Waals surface area (Å²) < 4.78 is 0. The first-order valence-corrected chi connectivity index (χ1v) is 6.56. The molecule has 0 saturated carbocycles. The zero-order valence-electron chi connectivity index (χ0n) is 10.4. The Morgan fingerprint density at radius 3 is 2.26 bits per heavy atom. The molecular formula is C18H13Cl. The van der Waals surface area contributed by atoms with Gasteiger partial charge in [0, 0.05) is 5.02 Å². The second-order valence-electron chi connectivity index (χ2n) is 4.55. The quantitative estimate of drug-likeness (QED) is 0.569. The molecule has 0 aliphatic rings. The minimum atomic E-state index is 0.736. The van der Waals surface area contributed by atoms with E-state index < -0.39 is 0 Å². The summed E-state index contributed by atoms with van der Waals surface area (Å²) in [6.45, 7) is 4.18. The molecule has 0 spiro atoms. The van der Waals surface area contributed by atoms with Crippen LogP contribution in [-0.2, 0) is 0 Å². The Kier molecular flexibility index (Phi) is 3.10. The van der Waals surface area contributed by atoms with Gasteiger partial charge in [0.15, 0.2) is 0 Å². The third-order valence-electron chi connectivity index (χ3n) is 3.27. The highest BCUT2D eigenvalue weighted by atomic mass is 35.5. The molecule has 1 heteroatoms. The number of hydrogen-bond acceptors (Lipinski definition) is 0. The Morgan fingerprint density at radius 2 is 1.47 bits per heavy atom. The molecule has 0 radical (unpaired) electrons. The summed E-state index contributed by atoms with van der Waals surface area (Å²) in [7, 11) is 0. The Morgan fingerprint density at radius 1 is 0.737 bits per heavy atom. The van der Waals surface area contributed by atoms with Crippen molar-refractivity contribution in [2.75, 3.05) is 0 Å². The lowest BCUT2D eigenvalue weighted by molar-refractivity contribution is 1.58. The van der Waals surface area contributed by atoms with Crippen LogP contribution in [0.15, 0.2) is 73.3 Å². The van der Waals surface area contributed by atoms with Crippen molar-refractivity contribution in [1.82, 2.24) is 0 Å². The highest BCUT2D eigenvalue weighted by Crippen LogP contribution is 2.26. The molecule has 0 saturated heterocycles. The maximum Gasteiger partial charge on any atom is 0.0412 e. The van der Waals surface area contributed by atoms with Gasteiger partial charge in [-0.1, -0.05) is 66.7 Å². The lowest BCUT2D eigenvalue weighted by Crippen LogP contribution is -1.86. The molecule has 0 aliphatic heterocycles. The van der Waals surface area contributed by atoms with Crippen LogP contribution in [0.25, 0.3) is 16.3 Å². The highest BCUT2D eigenvalue weighted by Gasteiger charge is 2.04. The maximum absolute atomic E-state index is 6.03. The van der Waals surface area contributed by atoms with Gasteiger partial charge in [0.2, 0.25) is 0 Å². The van der Waals surface area contributed by atoms with E-state index in [1.54, 1.807) is 0 Å². The van der Waals surface area contributed by atoms with Gasteiger partial charge < -0.3 is 0 Å². The lowest BCUT2D eigenvalue weighted by Gasteiger charge is -2.08. The molecule has 92 valence electrons. The van der Waals surface area contributed by atoms with Gasteiger partial charge in [0.1, 0.15) is 0 Å². The van der Waals surface area contributed by atoms with E-state index in [-0.39, 0.29) is 0 Å². The zero-order chi connectivity index (χ0) is 13.2. The van der Waals surface area contributed by atoms with Crippen LogP contribution in [-0.4, -0.2) is 0 Å². The van der Waals surface area contributed by atoms with Crippen LogP contribution in [0.1, 0.15) is 11.1 Å². The van der Waals surface area contributed by atoms with Gasteiger partial charge in [0.05, 0.1) is 0 Å². The van der Waals surface area contributed by atoms with Crippen molar-refractivity contribution < 1.29 is 0 Å². The number of hydrogen-bond donors (Lipinski definition) is 0. The van der Waals surface area contributed by atoms with Crippen molar-refractivity contribution in [2.24, 2.45) is 0 Å². The van der Waals surface area contributed by atoms with Crippen LogP contribution in [0.5, 0.6) is 0 Å². The molecule has 0 aliphatic carbocycles. The normalized spacial score (nSPS) is 10.6. The summed E-state index contributed by atoms with van der Waals surface area (Å²) in [5.41, 5.74) is 3.18. The van der Waals surface area contributed by atoms with Crippen LogP contribution in [0.3, 0.4) is 0 Å². The van der Waals surface area contributed by atoms with Gasteiger partial charge in [-0.25, -0.2) is 0 Å². The van der Waals surface area contributed by atoms with Crippen molar-refractivity contribution in [1.29, 1.82) is 0 Å². The summed E-state index contributed by atoms with van der Waals surface area (Å²) in [4.78, 5) is 0. The standard InChI is InChI=1S/C18H13Cl/c1-13(15-7-4-8-18(19)12-15)16-10-9-14-5-2-3-6-17(14)11-16/h2-12H,1H2. The van der Waals surface area contributed by atoms with Gasteiger partial charge in [0.25, 0.3) is 0 Å². The molecule has 3 aromatic carbocycles. The Labute approximate surface area is 118 Å². The fourth-order valence-corrected chi connectivity index (χ4v) is 2.41. The molecule has 0 bridgehead atoms. The van der Waals surface area contributed by atoms with Gasteiger partial charge >= 0.3 is 0 Å². The van der Waals surface area contributed by atoms with Crippen molar-refractivity contribution in [3.05, 3.63) is 89.5 Å². The van der Waals surface area contributed by atoms with Crippen molar-refractivity contribution in [3.8, 4) is 0 Å². The average Bonchev–Trinajstić information content (AvgIpc) is 2.46. The van der Waals surface area contributed by atoms with Gasteiger partial charge in [-0.3, -0.25) is 0 Å². The third kappa shape index (κ3) is 2.40. The second-order valence-corrected chi connectivity index (χ2v) is 4.99. The average molecular weight is 265 g/mol. The Balaban J connectivity index is 2.06. The molecule has 0 fully saturated rings. The maximum atomic E-state index is 6.03. The second kappa shape index (κ2) is 4.91. The molecule has 3 rings (SSSR count). The summed E-state index contributed by atoms with van der Waals surface area (Å²) in [6, 6.07) is 22.5. The minimum absolute atomic E-state index is 0.736. The predicted octanol–water partition coefficient (Wildman–Crippen LogP) is 5.55. The summed E-state index contributed by atoms with van der Waals surface area (Å²) in [5.74, 6) is 0. The third-order valence-corrected chi connectivity index (χ3v) is 3.51. The monoisotopic (exact) mass is 264 g/mol. The van der Waals surface area contributed by atoms with Crippen LogP contribution >= 0.6 is 11.6 Å². The van der Waals surface area contributed by atoms with Crippen LogP contribution < -0.4 is 0 Å². The topological polar surface area (TPSA) is 0 Å². The Hall–Kier alpha value is -2.05. The number of rotatable bonds is 2. The fraction of sp³-hybridized carbons (Fsp3) is 0. The van der Waals surface area contributed by atoms with E-state index in [0.717, 1.165) is 21.7 Å². The number of fused-ring (bicyclic) bond motifs is 1. The van der Waals surface area contributed by atoms with E-state index in [1.165, 1.54) is 10.8 Å². The predicted molar refractivity (Wildman–Crippen MR) is 83.5 cm³/mol. The summed E-state index contributed by atoms with van der Waals surface area (Å²) >= 11 is 6.03. The first kappa shape index (κ1) is 12.0. The van der Waals surface area contributed by atoms with Gasteiger partial charge in [-0.05, 0) is 45.7 Å². The molecule has 0 N–H and O–H groups in total. The van der Waals surface area contributed by atoms with E-state index in [9.17, 15) is 0 Å². The molecule has 0 heterocycles. The molecular weight excluding hydrogens is 252 g/mol. The van der Waals surface area contributed by atoms with E-state index in [2.05, 4.69) is 36.9 Å². The molecule has 3 aromatic rings. The molecule has 0 atom stereocenters. The molecule has 0 amide bonds. The van der Waals surface area contributed by atoms with Gasteiger partial charge in [-0.15, -0.1) is 0 Å². The molecule has 0 aromatic heterocycles. The van der Waals surface area contributed by atoms with E-state index in [1.807, 2.05) is 36.4 Å². The van der Waals surface area contributed by atoms with Gasteiger partial charge in [-0.2, -0.15) is 0 Å². The number of halogens is 1. The SMILES string of the molecule is C=C(c1cccc(Cl)c1)c1ccc2ccccc2c1. The van der Waals surface area contributed by atoms with E-state index in [4.69, 9.17) is 11.6 Å². The fourth-order valence-electron chi connectivity index (χ4n) is 2.22. The summed E-state index contributed by atoms with van der Waals surface area (Å²) in [5, 5.41) is 3.20. The molecule has 0 unspecified atom stereocenters. The van der Waals surface area contributed by atoms with E-state index in [0.29, 0.717) is 0 Å². The van der Waals surface area contributed by atoms with Crippen LogP contribution in [0, 0.1) is 0 Å². The highest BCUT2D eigenvalue weighted by molar-refractivity contribution is 6.30. The lowest BCUT2D eigenvalue weighted by atomic mass is 9.97. The molecule has 0 nitrogen and oxygen atoms in total. The first-order valence-electron chi connectivity index (χ1n) is 6.18. The van der Waals surface area contributed by atoms with Crippen LogP contribution in [0.2, 0.25) is 5.02 Å².